The molecule has 2 rings (SSSR count). The maximum atomic E-state index is 12.6. The summed E-state index contributed by atoms with van der Waals surface area (Å²) in [6, 6.07) is 12.7. The summed E-state index contributed by atoms with van der Waals surface area (Å²) in [7, 11) is 0. The third kappa shape index (κ3) is 6.36. The highest BCUT2D eigenvalue weighted by atomic mass is 16.5. The summed E-state index contributed by atoms with van der Waals surface area (Å²) in [6.45, 7) is 6.64. The number of nitrogens with one attached hydrogen (secondary N) is 1. The Morgan fingerprint density at radius 2 is 1.93 bits per heavy atom. The van der Waals surface area contributed by atoms with E-state index in [0.717, 1.165) is 29.8 Å². The van der Waals surface area contributed by atoms with Gasteiger partial charge in [-0.3, -0.25) is 9.78 Å². The Kier molecular flexibility index (Phi) is 8.27. The number of hydrogen-bond donors (Lipinski definition) is 2. The first kappa shape index (κ1) is 20.9. The maximum absolute atomic E-state index is 12.6. The maximum Gasteiger partial charge on any atom is 0.230 e. The van der Waals surface area contributed by atoms with E-state index in [9.17, 15) is 9.90 Å². The lowest BCUT2D eigenvalue weighted by atomic mass is 9.98. The quantitative estimate of drug-likeness (QED) is 0.666. The van der Waals surface area contributed by atoms with Gasteiger partial charge in [-0.05, 0) is 49.1 Å². The Labute approximate surface area is 161 Å². The van der Waals surface area contributed by atoms with Crippen molar-refractivity contribution in [3.8, 4) is 5.75 Å². The molecule has 3 unspecified atom stereocenters. The van der Waals surface area contributed by atoms with Crippen molar-refractivity contribution in [1.82, 2.24) is 10.3 Å². The van der Waals surface area contributed by atoms with Crippen LogP contribution in [0.25, 0.3) is 0 Å². The highest BCUT2D eigenvalue weighted by Gasteiger charge is 2.22. The van der Waals surface area contributed by atoms with Gasteiger partial charge in [-0.2, -0.15) is 0 Å². The van der Waals surface area contributed by atoms with Crippen molar-refractivity contribution in [2.24, 2.45) is 5.92 Å². The number of carbonyl (C=O) groups is 1. The van der Waals surface area contributed by atoms with Crippen molar-refractivity contribution < 1.29 is 14.6 Å². The molecule has 0 radical (unpaired) electrons. The first-order chi connectivity index (χ1) is 13.0. The van der Waals surface area contributed by atoms with Crippen LogP contribution in [0.15, 0.2) is 48.7 Å². The van der Waals surface area contributed by atoms with Gasteiger partial charge in [0.1, 0.15) is 5.75 Å². The third-order valence-electron chi connectivity index (χ3n) is 4.59. The number of aliphatic hydroxyl groups is 1. The lowest BCUT2D eigenvalue weighted by molar-refractivity contribution is -0.124. The first-order valence-electron chi connectivity index (χ1n) is 9.60. The molecule has 2 N–H and O–H groups in total. The van der Waals surface area contributed by atoms with Gasteiger partial charge >= 0.3 is 0 Å². The van der Waals surface area contributed by atoms with Crippen LogP contribution in [0.4, 0.5) is 0 Å². The molecule has 1 amide bonds. The highest BCUT2D eigenvalue weighted by molar-refractivity contribution is 5.84. The molecular formula is C22H30N2O3. The Bertz CT molecular complexity index is 688. The molecular weight excluding hydrogens is 340 g/mol. The zero-order valence-electron chi connectivity index (χ0n) is 16.4. The summed E-state index contributed by atoms with van der Waals surface area (Å²) in [5.41, 5.74) is 1.55. The van der Waals surface area contributed by atoms with E-state index in [4.69, 9.17) is 4.74 Å². The SMILES string of the molecule is CCCC(C)COc1ccc(C(CO)C(=O)NC(C)c2ccccn2)cc1. The van der Waals surface area contributed by atoms with E-state index >= 15 is 0 Å². The van der Waals surface area contributed by atoms with E-state index in [0.29, 0.717) is 12.5 Å². The molecule has 1 heterocycles. The average molecular weight is 370 g/mol. The van der Waals surface area contributed by atoms with Crippen LogP contribution in [0.2, 0.25) is 0 Å². The number of carbonyl (C=O) groups excluding carboxylic acids is 1. The normalized spacial score (nSPS) is 14.2. The molecule has 0 spiro atoms. The minimum Gasteiger partial charge on any atom is -0.493 e. The van der Waals surface area contributed by atoms with Crippen molar-refractivity contribution in [2.45, 2.75) is 45.6 Å². The van der Waals surface area contributed by atoms with Gasteiger partial charge < -0.3 is 15.2 Å². The third-order valence-corrected chi connectivity index (χ3v) is 4.59. The molecule has 0 aliphatic rings. The highest BCUT2D eigenvalue weighted by Crippen LogP contribution is 2.21. The fourth-order valence-corrected chi connectivity index (χ4v) is 2.97. The van der Waals surface area contributed by atoms with Crippen LogP contribution in [-0.2, 0) is 4.79 Å². The molecule has 0 aliphatic carbocycles. The van der Waals surface area contributed by atoms with E-state index < -0.39 is 5.92 Å². The molecule has 3 atom stereocenters. The van der Waals surface area contributed by atoms with Crippen LogP contribution in [-0.4, -0.2) is 29.2 Å². The van der Waals surface area contributed by atoms with Gasteiger partial charge in [0.15, 0.2) is 0 Å². The Morgan fingerprint density at radius 3 is 2.52 bits per heavy atom. The molecule has 2 aromatic rings. The fourth-order valence-electron chi connectivity index (χ4n) is 2.97. The Morgan fingerprint density at radius 1 is 1.19 bits per heavy atom. The molecule has 27 heavy (non-hydrogen) atoms. The van der Waals surface area contributed by atoms with E-state index in [-0.39, 0.29) is 18.6 Å². The van der Waals surface area contributed by atoms with Crippen LogP contribution < -0.4 is 10.1 Å². The van der Waals surface area contributed by atoms with Gasteiger partial charge in [-0.15, -0.1) is 0 Å². The summed E-state index contributed by atoms with van der Waals surface area (Å²) in [4.78, 5) is 16.9. The number of hydrogen-bond acceptors (Lipinski definition) is 4. The fraction of sp³-hybridized carbons (Fsp3) is 0.455. The second kappa shape index (κ2) is 10.7. The second-order valence-corrected chi connectivity index (χ2v) is 6.99. The van der Waals surface area contributed by atoms with Gasteiger partial charge in [0, 0.05) is 6.20 Å². The summed E-state index contributed by atoms with van der Waals surface area (Å²) < 4.78 is 5.80. The smallest absolute Gasteiger partial charge is 0.230 e. The largest absolute Gasteiger partial charge is 0.493 e. The van der Waals surface area contributed by atoms with Gasteiger partial charge in [0.2, 0.25) is 5.91 Å². The minimum absolute atomic E-state index is 0.221. The van der Waals surface area contributed by atoms with Crippen LogP contribution in [0.5, 0.6) is 5.75 Å². The number of rotatable bonds is 10. The van der Waals surface area contributed by atoms with Gasteiger partial charge in [-0.1, -0.05) is 38.5 Å². The molecule has 5 heteroatoms. The number of aliphatic hydroxyl groups excluding tert-OH is 1. The Balaban J connectivity index is 1.96. The van der Waals surface area contributed by atoms with E-state index in [1.54, 1.807) is 6.20 Å². The second-order valence-electron chi connectivity index (χ2n) is 6.99. The number of benzene rings is 1. The molecule has 0 saturated carbocycles. The van der Waals surface area contributed by atoms with E-state index in [1.807, 2.05) is 49.4 Å². The summed E-state index contributed by atoms with van der Waals surface area (Å²) in [5, 5.41) is 12.7. The summed E-state index contributed by atoms with van der Waals surface area (Å²) in [5.74, 6) is 0.449. The molecule has 146 valence electrons. The molecule has 0 saturated heterocycles. The molecule has 0 fully saturated rings. The average Bonchev–Trinajstić information content (AvgIpc) is 2.69. The zero-order valence-corrected chi connectivity index (χ0v) is 16.4. The minimum atomic E-state index is -0.621. The van der Waals surface area contributed by atoms with Crippen molar-refractivity contribution in [1.29, 1.82) is 0 Å². The zero-order chi connectivity index (χ0) is 19.6. The van der Waals surface area contributed by atoms with Crippen molar-refractivity contribution in [3.05, 3.63) is 59.9 Å². The molecule has 0 bridgehead atoms. The lowest BCUT2D eigenvalue weighted by Gasteiger charge is -2.19. The predicted molar refractivity (Wildman–Crippen MR) is 107 cm³/mol. The van der Waals surface area contributed by atoms with Crippen molar-refractivity contribution in [2.75, 3.05) is 13.2 Å². The predicted octanol–water partition coefficient (Wildman–Crippen LogP) is 3.85. The van der Waals surface area contributed by atoms with Gasteiger partial charge in [0.05, 0.1) is 30.9 Å². The first-order valence-corrected chi connectivity index (χ1v) is 9.60. The molecule has 1 aromatic heterocycles. The number of pyridine rings is 1. The van der Waals surface area contributed by atoms with Gasteiger partial charge in [0.25, 0.3) is 0 Å². The van der Waals surface area contributed by atoms with Crippen LogP contribution in [0, 0.1) is 5.92 Å². The van der Waals surface area contributed by atoms with E-state index in [1.165, 1.54) is 0 Å². The monoisotopic (exact) mass is 370 g/mol. The Hall–Kier alpha value is -2.40. The topological polar surface area (TPSA) is 71.5 Å². The number of ether oxygens (including phenoxy) is 1. The molecule has 1 aromatic carbocycles. The van der Waals surface area contributed by atoms with Gasteiger partial charge in [-0.25, -0.2) is 0 Å². The van der Waals surface area contributed by atoms with Crippen molar-refractivity contribution in [3.63, 3.8) is 0 Å². The van der Waals surface area contributed by atoms with Crippen LogP contribution >= 0.6 is 0 Å². The number of nitrogens with zero attached hydrogens (tertiary/aromatic N) is 1. The van der Waals surface area contributed by atoms with Crippen molar-refractivity contribution >= 4 is 5.91 Å². The van der Waals surface area contributed by atoms with Crippen LogP contribution in [0.3, 0.4) is 0 Å². The molecule has 5 nitrogen and oxygen atoms in total. The summed E-state index contributed by atoms with van der Waals surface area (Å²) >= 11 is 0. The number of aromatic nitrogens is 1. The molecule has 0 aliphatic heterocycles. The lowest BCUT2D eigenvalue weighted by Crippen LogP contribution is -2.33. The number of amides is 1. The van der Waals surface area contributed by atoms with Crippen LogP contribution in [0.1, 0.15) is 56.8 Å². The standard InChI is InChI=1S/C22H30N2O3/c1-4-7-16(2)15-27-19-11-9-18(10-12-19)20(14-25)22(26)24-17(3)21-8-5-6-13-23-21/h5-6,8-13,16-17,20,25H,4,7,14-15H2,1-3H3,(H,24,26). The van der Waals surface area contributed by atoms with E-state index in [2.05, 4.69) is 24.1 Å². The summed E-state index contributed by atoms with van der Waals surface area (Å²) in [6.07, 6.45) is 3.98.